The number of rotatable bonds is 7. The van der Waals surface area contributed by atoms with Crippen LogP contribution in [0.1, 0.15) is 11.5 Å². The first-order valence-corrected chi connectivity index (χ1v) is 7.09. The summed E-state index contributed by atoms with van der Waals surface area (Å²) in [4.78, 5) is 18.3. The van der Waals surface area contributed by atoms with E-state index in [2.05, 4.69) is 15.4 Å². The third-order valence-corrected chi connectivity index (χ3v) is 3.58. The van der Waals surface area contributed by atoms with E-state index in [4.69, 9.17) is 0 Å². The Bertz CT molecular complexity index is 633. The lowest BCUT2D eigenvalue weighted by Crippen LogP contribution is -2.35. The number of aliphatic hydroxyl groups excluding tert-OH is 1. The SMILES string of the molecule is Cc1c(NC(=O)CN(CCO)Cc2nccn2C)cnn1C. The number of imidazole rings is 1. The Hall–Kier alpha value is -2.19. The van der Waals surface area contributed by atoms with Crippen LogP contribution in [-0.4, -0.2) is 54.9 Å². The van der Waals surface area contributed by atoms with Crippen molar-refractivity contribution in [3.05, 3.63) is 30.1 Å². The van der Waals surface area contributed by atoms with E-state index in [1.54, 1.807) is 17.1 Å². The van der Waals surface area contributed by atoms with E-state index in [1.165, 1.54) is 0 Å². The highest BCUT2D eigenvalue weighted by Gasteiger charge is 2.14. The fraction of sp³-hybridized carbons (Fsp3) is 0.500. The van der Waals surface area contributed by atoms with Crippen molar-refractivity contribution in [3.8, 4) is 0 Å². The minimum atomic E-state index is -0.140. The van der Waals surface area contributed by atoms with E-state index < -0.39 is 0 Å². The van der Waals surface area contributed by atoms with Crippen LogP contribution in [0.2, 0.25) is 0 Å². The highest BCUT2D eigenvalue weighted by atomic mass is 16.3. The van der Waals surface area contributed by atoms with Gasteiger partial charge in [0.15, 0.2) is 0 Å². The molecular formula is C14H22N6O2. The number of hydrogen-bond donors (Lipinski definition) is 2. The Morgan fingerprint density at radius 2 is 2.23 bits per heavy atom. The Morgan fingerprint density at radius 1 is 1.45 bits per heavy atom. The largest absolute Gasteiger partial charge is 0.395 e. The summed E-state index contributed by atoms with van der Waals surface area (Å²) in [5.74, 6) is 0.706. The van der Waals surface area contributed by atoms with Crippen LogP contribution in [0.25, 0.3) is 0 Å². The number of aliphatic hydroxyl groups is 1. The number of nitrogens with zero attached hydrogens (tertiary/aromatic N) is 5. The van der Waals surface area contributed by atoms with Crippen LogP contribution in [0, 0.1) is 6.92 Å². The number of carbonyl (C=O) groups excluding carboxylic acids is 1. The second-order valence-corrected chi connectivity index (χ2v) is 5.20. The van der Waals surface area contributed by atoms with E-state index in [-0.39, 0.29) is 19.1 Å². The highest BCUT2D eigenvalue weighted by molar-refractivity contribution is 5.92. The van der Waals surface area contributed by atoms with Crippen LogP contribution in [0.4, 0.5) is 5.69 Å². The zero-order chi connectivity index (χ0) is 16.1. The van der Waals surface area contributed by atoms with Crippen molar-refractivity contribution in [3.63, 3.8) is 0 Å². The average molecular weight is 306 g/mol. The molecule has 0 aliphatic rings. The van der Waals surface area contributed by atoms with Crippen molar-refractivity contribution < 1.29 is 9.90 Å². The van der Waals surface area contributed by atoms with Gasteiger partial charge in [0, 0.05) is 33.0 Å². The van der Waals surface area contributed by atoms with Crippen LogP contribution in [0.15, 0.2) is 18.6 Å². The summed E-state index contributed by atoms with van der Waals surface area (Å²) in [6.07, 6.45) is 5.19. The molecule has 0 bridgehead atoms. The molecule has 0 atom stereocenters. The van der Waals surface area contributed by atoms with Gasteiger partial charge in [-0.15, -0.1) is 0 Å². The summed E-state index contributed by atoms with van der Waals surface area (Å²) in [5.41, 5.74) is 1.60. The van der Waals surface area contributed by atoms with Crippen LogP contribution in [0.3, 0.4) is 0 Å². The first-order chi connectivity index (χ1) is 10.5. The Morgan fingerprint density at radius 3 is 2.77 bits per heavy atom. The number of aromatic nitrogens is 4. The number of aryl methyl sites for hydroxylation is 2. The van der Waals surface area contributed by atoms with Crippen molar-refractivity contribution in [1.29, 1.82) is 0 Å². The predicted molar refractivity (Wildman–Crippen MR) is 82.1 cm³/mol. The molecule has 2 rings (SSSR count). The maximum Gasteiger partial charge on any atom is 0.238 e. The number of hydrogen-bond acceptors (Lipinski definition) is 5. The van der Waals surface area contributed by atoms with Gasteiger partial charge in [-0.3, -0.25) is 14.4 Å². The molecule has 2 aromatic heterocycles. The maximum absolute atomic E-state index is 12.2. The third-order valence-electron chi connectivity index (χ3n) is 3.58. The molecule has 0 saturated heterocycles. The van der Waals surface area contributed by atoms with Crippen molar-refractivity contribution in [2.24, 2.45) is 14.1 Å². The van der Waals surface area contributed by atoms with Gasteiger partial charge in [-0.25, -0.2) is 4.98 Å². The second kappa shape index (κ2) is 7.19. The van der Waals surface area contributed by atoms with Crippen molar-refractivity contribution in [2.45, 2.75) is 13.5 Å². The van der Waals surface area contributed by atoms with E-state index in [0.29, 0.717) is 18.8 Å². The van der Waals surface area contributed by atoms with Crippen molar-refractivity contribution in [1.82, 2.24) is 24.2 Å². The summed E-state index contributed by atoms with van der Waals surface area (Å²) in [6.45, 7) is 2.98. The van der Waals surface area contributed by atoms with Gasteiger partial charge in [0.25, 0.3) is 0 Å². The number of carbonyl (C=O) groups is 1. The molecule has 8 heteroatoms. The standard InChI is InChI=1S/C14H22N6O2/c1-11-12(8-16-19(11)3)17-14(22)10-20(6-7-21)9-13-15-4-5-18(13)2/h4-5,8,21H,6-7,9-10H2,1-3H3,(H,17,22). The maximum atomic E-state index is 12.2. The minimum Gasteiger partial charge on any atom is -0.395 e. The summed E-state index contributed by atoms with van der Waals surface area (Å²) in [7, 11) is 3.72. The second-order valence-electron chi connectivity index (χ2n) is 5.20. The van der Waals surface area contributed by atoms with Crippen LogP contribution >= 0.6 is 0 Å². The molecule has 0 fully saturated rings. The molecule has 0 aromatic carbocycles. The van der Waals surface area contributed by atoms with Crippen LogP contribution < -0.4 is 5.32 Å². The minimum absolute atomic E-state index is 0.0103. The van der Waals surface area contributed by atoms with E-state index in [9.17, 15) is 9.90 Å². The summed E-state index contributed by atoms with van der Waals surface area (Å²) >= 11 is 0. The van der Waals surface area contributed by atoms with E-state index in [1.807, 2.05) is 36.7 Å². The molecule has 0 spiro atoms. The van der Waals surface area contributed by atoms with Gasteiger partial charge in [0.1, 0.15) is 5.82 Å². The van der Waals surface area contributed by atoms with Gasteiger partial charge >= 0.3 is 0 Å². The van der Waals surface area contributed by atoms with Crippen molar-refractivity contribution in [2.75, 3.05) is 25.0 Å². The first-order valence-electron chi connectivity index (χ1n) is 7.09. The monoisotopic (exact) mass is 306 g/mol. The predicted octanol–water partition coefficient (Wildman–Crippen LogP) is -0.105. The fourth-order valence-electron chi connectivity index (χ4n) is 2.12. The highest BCUT2D eigenvalue weighted by Crippen LogP contribution is 2.12. The molecule has 0 aliphatic carbocycles. The number of anilines is 1. The average Bonchev–Trinajstić information content (AvgIpc) is 3.00. The summed E-state index contributed by atoms with van der Waals surface area (Å²) in [5, 5.41) is 16.1. The summed E-state index contributed by atoms with van der Waals surface area (Å²) < 4.78 is 3.60. The van der Waals surface area contributed by atoms with Crippen LogP contribution in [0.5, 0.6) is 0 Å². The summed E-state index contributed by atoms with van der Waals surface area (Å²) in [6, 6.07) is 0. The molecule has 2 N–H and O–H groups in total. The van der Waals surface area contributed by atoms with Gasteiger partial charge in [0.2, 0.25) is 5.91 Å². The van der Waals surface area contributed by atoms with Gasteiger partial charge in [-0.2, -0.15) is 5.10 Å². The van der Waals surface area contributed by atoms with Gasteiger partial charge in [0.05, 0.1) is 37.3 Å². The zero-order valence-corrected chi connectivity index (χ0v) is 13.2. The molecule has 8 nitrogen and oxygen atoms in total. The van der Waals surface area contributed by atoms with E-state index >= 15 is 0 Å². The van der Waals surface area contributed by atoms with Crippen LogP contribution in [-0.2, 0) is 25.4 Å². The molecular weight excluding hydrogens is 284 g/mol. The van der Waals surface area contributed by atoms with Gasteiger partial charge in [-0.1, -0.05) is 0 Å². The molecule has 22 heavy (non-hydrogen) atoms. The number of nitrogens with one attached hydrogen (secondary N) is 1. The molecule has 0 saturated carbocycles. The molecule has 0 unspecified atom stereocenters. The Labute approximate surface area is 129 Å². The number of amides is 1. The molecule has 120 valence electrons. The smallest absolute Gasteiger partial charge is 0.238 e. The zero-order valence-electron chi connectivity index (χ0n) is 13.2. The molecule has 2 aromatic rings. The lowest BCUT2D eigenvalue weighted by molar-refractivity contribution is -0.117. The fourth-order valence-corrected chi connectivity index (χ4v) is 2.12. The quantitative estimate of drug-likeness (QED) is 0.745. The topological polar surface area (TPSA) is 88.2 Å². The van der Waals surface area contributed by atoms with Gasteiger partial charge < -0.3 is 15.0 Å². The van der Waals surface area contributed by atoms with E-state index in [0.717, 1.165) is 11.5 Å². The molecule has 0 aliphatic heterocycles. The first kappa shape index (κ1) is 16.2. The Balaban J connectivity index is 1.96. The molecule has 1 amide bonds. The Kier molecular flexibility index (Phi) is 5.29. The lowest BCUT2D eigenvalue weighted by atomic mass is 10.3. The molecule has 2 heterocycles. The van der Waals surface area contributed by atoms with Crippen molar-refractivity contribution >= 4 is 11.6 Å². The third kappa shape index (κ3) is 3.92. The van der Waals surface area contributed by atoms with Gasteiger partial charge in [-0.05, 0) is 6.92 Å². The lowest BCUT2D eigenvalue weighted by Gasteiger charge is -2.20. The molecule has 0 radical (unpaired) electrons. The normalized spacial score (nSPS) is 11.1.